The predicted molar refractivity (Wildman–Crippen MR) is 93.7 cm³/mol. The maximum atomic E-state index is 12.6. The minimum Gasteiger partial charge on any atom is -0.326 e. The summed E-state index contributed by atoms with van der Waals surface area (Å²) < 4.78 is 0. The van der Waals surface area contributed by atoms with Crippen molar-refractivity contribution in [3.05, 3.63) is 29.3 Å². The number of amides is 1. The smallest absolute Gasteiger partial charge is 0.228 e. The first-order valence-electron chi connectivity index (χ1n) is 8.32. The van der Waals surface area contributed by atoms with Gasteiger partial charge in [-0.25, -0.2) is 0 Å². The summed E-state index contributed by atoms with van der Waals surface area (Å²) in [5.74, 6) is 0.467. The second kappa shape index (κ2) is 7.01. The third-order valence-corrected chi connectivity index (χ3v) is 5.33. The molecule has 1 heterocycles. The zero-order valence-electron chi connectivity index (χ0n) is 13.6. The molecule has 3 rings (SSSR count). The molecule has 1 spiro atoms. The standard InChI is InChI=1S/C18H26N2O.ClH/c1-3-13-5-6-14(4-2)16(11-13)20-17(21)15-12-18(15)7-9-19-10-8-18;/h5-6,11,15,19H,3-4,7-10,12H2,1-2H3,(H,20,21);1H. The van der Waals surface area contributed by atoms with Gasteiger partial charge < -0.3 is 10.6 Å². The lowest BCUT2D eigenvalue weighted by atomic mass is 9.91. The van der Waals surface area contributed by atoms with E-state index in [9.17, 15) is 4.79 Å². The average Bonchev–Trinajstić information content (AvgIpc) is 3.21. The second-order valence-electron chi connectivity index (χ2n) is 6.56. The van der Waals surface area contributed by atoms with Crippen molar-refractivity contribution in [2.45, 2.75) is 46.0 Å². The van der Waals surface area contributed by atoms with Crippen LogP contribution in [-0.4, -0.2) is 19.0 Å². The highest BCUT2D eigenvalue weighted by molar-refractivity contribution is 5.95. The quantitative estimate of drug-likeness (QED) is 0.890. The third kappa shape index (κ3) is 3.31. The summed E-state index contributed by atoms with van der Waals surface area (Å²) in [6.45, 7) is 6.42. The summed E-state index contributed by atoms with van der Waals surface area (Å²) in [4.78, 5) is 12.6. The van der Waals surface area contributed by atoms with Gasteiger partial charge in [0, 0.05) is 11.6 Å². The van der Waals surface area contributed by atoms with Crippen LogP contribution in [-0.2, 0) is 17.6 Å². The molecule has 1 aromatic rings. The Balaban J connectivity index is 0.00000176. The van der Waals surface area contributed by atoms with Crippen LogP contribution in [0.25, 0.3) is 0 Å². The Labute approximate surface area is 139 Å². The van der Waals surface area contributed by atoms with Gasteiger partial charge in [-0.1, -0.05) is 26.0 Å². The lowest BCUT2D eigenvalue weighted by Crippen LogP contribution is -2.31. The highest BCUT2D eigenvalue weighted by atomic mass is 35.5. The first kappa shape index (κ1) is 17.3. The number of aryl methyl sites for hydroxylation is 2. The Morgan fingerprint density at radius 2 is 2.00 bits per heavy atom. The van der Waals surface area contributed by atoms with Crippen LogP contribution < -0.4 is 10.6 Å². The van der Waals surface area contributed by atoms with Crippen LogP contribution in [0.15, 0.2) is 18.2 Å². The van der Waals surface area contributed by atoms with Gasteiger partial charge in [0.05, 0.1) is 0 Å². The van der Waals surface area contributed by atoms with E-state index in [1.165, 1.54) is 11.1 Å². The van der Waals surface area contributed by atoms with E-state index in [4.69, 9.17) is 0 Å². The molecule has 1 aliphatic carbocycles. The van der Waals surface area contributed by atoms with E-state index in [-0.39, 0.29) is 24.2 Å². The van der Waals surface area contributed by atoms with Crippen molar-refractivity contribution in [3.63, 3.8) is 0 Å². The third-order valence-electron chi connectivity index (χ3n) is 5.33. The van der Waals surface area contributed by atoms with Gasteiger partial charge in [0.15, 0.2) is 0 Å². The first-order chi connectivity index (χ1) is 10.2. The summed E-state index contributed by atoms with van der Waals surface area (Å²) in [6, 6.07) is 6.47. The second-order valence-corrected chi connectivity index (χ2v) is 6.56. The minimum atomic E-state index is 0. The average molecular weight is 323 g/mol. The molecule has 0 radical (unpaired) electrons. The number of piperidine rings is 1. The fourth-order valence-corrected chi connectivity index (χ4v) is 3.68. The number of halogens is 1. The number of hydrogen-bond donors (Lipinski definition) is 2. The van der Waals surface area contributed by atoms with Crippen molar-refractivity contribution in [3.8, 4) is 0 Å². The Morgan fingerprint density at radius 3 is 2.64 bits per heavy atom. The number of rotatable bonds is 4. The van der Waals surface area contributed by atoms with E-state index in [1.807, 2.05) is 0 Å². The van der Waals surface area contributed by atoms with E-state index >= 15 is 0 Å². The molecule has 1 aliphatic heterocycles. The number of anilines is 1. The molecule has 1 aromatic carbocycles. The van der Waals surface area contributed by atoms with E-state index in [0.29, 0.717) is 5.41 Å². The van der Waals surface area contributed by atoms with Gasteiger partial charge in [0.1, 0.15) is 0 Å². The zero-order chi connectivity index (χ0) is 14.9. The SMILES string of the molecule is CCc1ccc(CC)c(NC(=O)C2CC23CCNCC3)c1.Cl. The number of benzene rings is 1. The molecule has 3 nitrogen and oxygen atoms in total. The number of carbonyl (C=O) groups is 1. The molecule has 0 bridgehead atoms. The molecule has 1 atom stereocenters. The fraction of sp³-hybridized carbons (Fsp3) is 0.611. The van der Waals surface area contributed by atoms with Gasteiger partial charge in [-0.2, -0.15) is 0 Å². The van der Waals surface area contributed by atoms with Crippen molar-refractivity contribution >= 4 is 24.0 Å². The Hall–Kier alpha value is -1.06. The minimum absolute atomic E-state index is 0. The van der Waals surface area contributed by atoms with Crippen molar-refractivity contribution in [1.29, 1.82) is 0 Å². The van der Waals surface area contributed by atoms with Gasteiger partial charge >= 0.3 is 0 Å². The van der Waals surface area contributed by atoms with E-state index in [2.05, 4.69) is 42.7 Å². The van der Waals surface area contributed by atoms with Gasteiger partial charge in [-0.05, 0) is 67.8 Å². The molecule has 2 aliphatic rings. The van der Waals surface area contributed by atoms with Crippen LogP contribution in [0.5, 0.6) is 0 Å². The van der Waals surface area contributed by atoms with E-state index in [0.717, 1.165) is 50.9 Å². The predicted octanol–water partition coefficient (Wildman–Crippen LogP) is 3.56. The fourth-order valence-electron chi connectivity index (χ4n) is 3.68. The largest absolute Gasteiger partial charge is 0.326 e. The van der Waals surface area contributed by atoms with Gasteiger partial charge in [0.2, 0.25) is 5.91 Å². The lowest BCUT2D eigenvalue weighted by molar-refractivity contribution is -0.118. The van der Waals surface area contributed by atoms with Crippen LogP contribution in [0, 0.1) is 11.3 Å². The Kier molecular flexibility index (Phi) is 5.51. The van der Waals surface area contributed by atoms with Crippen LogP contribution in [0.3, 0.4) is 0 Å². The Bertz CT molecular complexity index is 538. The molecular formula is C18H27ClN2O. The van der Waals surface area contributed by atoms with Crippen LogP contribution >= 0.6 is 12.4 Å². The van der Waals surface area contributed by atoms with Gasteiger partial charge in [-0.15, -0.1) is 12.4 Å². The summed E-state index contributed by atoms with van der Waals surface area (Å²) in [5.41, 5.74) is 3.86. The number of carbonyl (C=O) groups excluding carboxylic acids is 1. The maximum absolute atomic E-state index is 12.6. The Morgan fingerprint density at radius 1 is 1.27 bits per heavy atom. The van der Waals surface area contributed by atoms with Crippen molar-refractivity contribution in [2.75, 3.05) is 18.4 Å². The maximum Gasteiger partial charge on any atom is 0.228 e. The van der Waals surface area contributed by atoms with Crippen molar-refractivity contribution < 1.29 is 4.79 Å². The van der Waals surface area contributed by atoms with Gasteiger partial charge in [-0.3, -0.25) is 4.79 Å². The highest BCUT2D eigenvalue weighted by Gasteiger charge is 2.57. The van der Waals surface area contributed by atoms with Crippen LogP contribution in [0.1, 0.15) is 44.2 Å². The molecule has 1 saturated heterocycles. The van der Waals surface area contributed by atoms with Crippen LogP contribution in [0.4, 0.5) is 5.69 Å². The molecule has 2 fully saturated rings. The molecular weight excluding hydrogens is 296 g/mol. The molecule has 122 valence electrons. The molecule has 1 unspecified atom stereocenters. The summed E-state index contributed by atoms with van der Waals surface area (Å²) in [7, 11) is 0. The van der Waals surface area contributed by atoms with Gasteiger partial charge in [0.25, 0.3) is 0 Å². The lowest BCUT2D eigenvalue weighted by Gasteiger charge is -2.23. The summed E-state index contributed by atoms with van der Waals surface area (Å²) >= 11 is 0. The van der Waals surface area contributed by atoms with Crippen molar-refractivity contribution in [2.24, 2.45) is 11.3 Å². The van der Waals surface area contributed by atoms with Crippen molar-refractivity contribution in [1.82, 2.24) is 5.32 Å². The normalized spacial score (nSPS) is 22.0. The number of nitrogens with one attached hydrogen (secondary N) is 2. The summed E-state index contributed by atoms with van der Waals surface area (Å²) in [5, 5.41) is 6.60. The zero-order valence-corrected chi connectivity index (χ0v) is 14.4. The molecule has 22 heavy (non-hydrogen) atoms. The highest BCUT2D eigenvalue weighted by Crippen LogP contribution is 2.58. The molecule has 1 saturated carbocycles. The summed E-state index contributed by atoms with van der Waals surface area (Å²) in [6.07, 6.45) is 5.35. The first-order valence-corrected chi connectivity index (χ1v) is 8.32. The number of hydrogen-bond acceptors (Lipinski definition) is 2. The van der Waals surface area contributed by atoms with E-state index in [1.54, 1.807) is 0 Å². The topological polar surface area (TPSA) is 41.1 Å². The molecule has 4 heteroatoms. The molecule has 1 amide bonds. The molecule has 2 N–H and O–H groups in total. The van der Waals surface area contributed by atoms with Crippen LogP contribution in [0.2, 0.25) is 0 Å². The monoisotopic (exact) mass is 322 g/mol. The molecule has 0 aromatic heterocycles. The van der Waals surface area contributed by atoms with E-state index < -0.39 is 0 Å².